The number of fused-ring (bicyclic) bond motifs is 1. The molecule has 0 amide bonds. The molecule has 0 saturated carbocycles. The van der Waals surface area contributed by atoms with Crippen LogP contribution in [0.15, 0.2) is 30.3 Å². The Hall–Kier alpha value is -2.12. The number of para-hydroxylation sites is 1. The van der Waals surface area contributed by atoms with Crippen LogP contribution in [-0.2, 0) is 0 Å². The van der Waals surface area contributed by atoms with Gasteiger partial charge in [0.1, 0.15) is 11.9 Å². The summed E-state index contributed by atoms with van der Waals surface area (Å²) in [5, 5.41) is 20.5. The molecule has 0 atom stereocenters. The number of hydrogen-bond acceptors (Lipinski definition) is 4. The van der Waals surface area contributed by atoms with Gasteiger partial charge >= 0.3 is 0 Å². The molecular formula is C16H17N3O. The van der Waals surface area contributed by atoms with Gasteiger partial charge in [-0.05, 0) is 18.6 Å². The number of aromatic nitrogens is 1. The Bertz CT molecular complexity index is 684. The summed E-state index contributed by atoms with van der Waals surface area (Å²) in [7, 11) is 0. The van der Waals surface area contributed by atoms with Crippen molar-refractivity contribution in [2.75, 3.05) is 18.0 Å². The molecule has 0 bridgehead atoms. The summed E-state index contributed by atoms with van der Waals surface area (Å²) < 4.78 is 0. The SMILES string of the molecule is CCCC1(O)CN(c2nc3ccccc3cc2C#N)C1. The van der Waals surface area contributed by atoms with E-state index in [9.17, 15) is 10.4 Å². The second kappa shape index (κ2) is 4.77. The number of anilines is 1. The van der Waals surface area contributed by atoms with E-state index in [-0.39, 0.29) is 0 Å². The molecule has 1 N–H and O–H groups in total. The third kappa shape index (κ3) is 2.10. The van der Waals surface area contributed by atoms with E-state index in [2.05, 4.69) is 18.0 Å². The second-order valence-corrected chi connectivity index (χ2v) is 5.49. The fraction of sp³-hybridized carbons (Fsp3) is 0.375. The van der Waals surface area contributed by atoms with Gasteiger partial charge in [0, 0.05) is 5.39 Å². The van der Waals surface area contributed by atoms with Crippen LogP contribution >= 0.6 is 0 Å². The summed E-state index contributed by atoms with van der Waals surface area (Å²) in [6.07, 6.45) is 1.75. The highest BCUT2D eigenvalue weighted by molar-refractivity contribution is 5.83. The van der Waals surface area contributed by atoms with E-state index in [4.69, 9.17) is 0 Å². The number of nitriles is 1. The summed E-state index contributed by atoms with van der Waals surface area (Å²) >= 11 is 0. The topological polar surface area (TPSA) is 60.1 Å². The Morgan fingerprint density at radius 3 is 2.85 bits per heavy atom. The molecule has 0 unspecified atom stereocenters. The first-order valence-electron chi connectivity index (χ1n) is 6.92. The van der Waals surface area contributed by atoms with Crippen LogP contribution in [-0.4, -0.2) is 28.8 Å². The molecule has 2 aromatic rings. The van der Waals surface area contributed by atoms with Crippen LogP contribution in [0.4, 0.5) is 5.82 Å². The van der Waals surface area contributed by atoms with E-state index < -0.39 is 5.60 Å². The van der Waals surface area contributed by atoms with E-state index in [1.54, 1.807) is 0 Å². The number of hydrogen-bond donors (Lipinski definition) is 1. The second-order valence-electron chi connectivity index (χ2n) is 5.49. The first kappa shape index (κ1) is 12.9. The minimum Gasteiger partial charge on any atom is -0.386 e. The molecular weight excluding hydrogens is 250 g/mol. The first-order chi connectivity index (χ1) is 9.65. The summed E-state index contributed by atoms with van der Waals surface area (Å²) in [6.45, 7) is 3.18. The van der Waals surface area contributed by atoms with Crippen LogP contribution in [0.2, 0.25) is 0 Å². The van der Waals surface area contributed by atoms with Gasteiger partial charge in [0.2, 0.25) is 0 Å². The largest absolute Gasteiger partial charge is 0.386 e. The Kier molecular flexibility index (Phi) is 3.07. The van der Waals surface area contributed by atoms with Gasteiger partial charge in [-0.3, -0.25) is 0 Å². The van der Waals surface area contributed by atoms with Gasteiger partial charge in [-0.2, -0.15) is 5.26 Å². The Morgan fingerprint density at radius 1 is 1.40 bits per heavy atom. The summed E-state index contributed by atoms with van der Waals surface area (Å²) in [5.74, 6) is 0.687. The van der Waals surface area contributed by atoms with Gasteiger partial charge in [0.15, 0.2) is 0 Å². The molecule has 1 aliphatic heterocycles. The average molecular weight is 267 g/mol. The van der Waals surface area contributed by atoms with Gasteiger partial charge in [0.25, 0.3) is 0 Å². The molecule has 20 heavy (non-hydrogen) atoms. The molecule has 2 heterocycles. The quantitative estimate of drug-likeness (QED) is 0.928. The van der Waals surface area contributed by atoms with Crippen molar-refractivity contribution >= 4 is 16.7 Å². The zero-order valence-corrected chi connectivity index (χ0v) is 11.5. The molecule has 0 aliphatic carbocycles. The van der Waals surface area contributed by atoms with Crippen molar-refractivity contribution in [2.45, 2.75) is 25.4 Å². The number of benzene rings is 1. The van der Waals surface area contributed by atoms with Crippen LogP contribution in [0.25, 0.3) is 10.9 Å². The van der Waals surface area contributed by atoms with Gasteiger partial charge < -0.3 is 10.0 Å². The lowest BCUT2D eigenvalue weighted by Crippen LogP contribution is -2.62. The molecule has 4 nitrogen and oxygen atoms in total. The van der Waals surface area contributed by atoms with Gasteiger partial charge in [0.05, 0.1) is 29.8 Å². The van der Waals surface area contributed by atoms with Crippen molar-refractivity contribution in [3.05, 3.63) is 35.9 Å². The molecule has 1 aromatic carbocycles. The third-order valence-corrected chi connectivity index (χ3v) is 3.81. The molecule has 3 rings (SSSR count). The van der Waals surface area contributed by atoms with Crippen molar-refractivity contribution in [1.29, 1.82) is 5.26 Å². The highest BCUT2D eigenvalue weighted by Crippen LogP contribution is 2.32. The lowest BCUT2D eigenvalue weighted by Gasteiger charge is -2.47. The predicted octanol–water partition coefficient (Wildman–Crippen LogP) is 2.46. The lowest BCUT2D eigenvalue weighted by molar-refractivity contribution is 0.00295. The van der Waals surface area contributed by atoms with E-state index >= 15 is 0 Å². The zero-order valence-electron chi connectivity index (χ0n) is 11.5. The van der Waals surface area contributed by atoms with Crippen molar-refractivity contribution < 1.29 is 5.11 Å². The van der Waals surface area contributed by atoms with E-state index in [1.807, 2.05) is 35.2 Å². The Labute approximate surface area is 118 Å². The molecule has 102 valence electrons. The molecule has 1 saturated heterocycles. The normalized spacial score (nSPS) is 16.8. The van der Waals surface area contributed by atoms with Crippen LogP contribution < -0.4 is 4.90 Å². The zero-order chi connectivity index (χ0) is 14.2. The van der Waals surface area contributed by atoms with Crippen LogP contribution in [0.3, 0.4) is 0 Å². The van der Waals surface area contributed by atoms with Gasteiger partial charge in [-0.25, -0.2) is 4.98 Å². The van der Waals surface area contributed by atoms with Crippen LogP contribution in [0.5, 0.6) is 0 Å². The van der Waals surface area contributed by atoms with E-state index in [0.29, 0.717) is 24.5 Å². The predicted molar refractivity (Wildman–Crippen MR) is 78.5 cm³/mol. The minimum absolute atomic E-state index is 0.556. The number of β-amino-alcohol motifs (C(OH)–C–C–N with tert-alkyl or cyclic N) is 1. The molecule has 1 aliphatic rings. The van der Waals surface area contributed by atoms with Crippen molar-refractivity contribution in [1.82, 2.24) is 4.98 Å². The van der Waals surface area contributed by atoms with Gasteiger partial charge in [-0.15, -0.1) is 0 Å². The van der Waals surface area contributed by atoms with E-state index in [1.165, 1.54) is 0 Å². The number of aliphatic hydroxyl groups is 1. The van der Waals surface area contributed by atoms with Crippen molar-refractivity contribution in [2.24, 2.45) is 0 Å². The average Bonchev–Trinajstić information content (AvgIpc) is 2.43. The smallest absolute Gasteiger partial charge is 0.147 e. The molecule has 1 fully saturated rings. The fourth-order valence-electron chi connectivity index (χ4n) is 2.87. The molecule has 0 radical (unpaired) electrons. The maximum absolute atomic E-state index is 10.3. The summed E-state index contributed by atoms with van der Waals surface area (Å²) in [4.78, 5) is 6.57. The Balaban J connectivity index is 1.94. The molecule has 1 aromatic heterocycles. The van der Waals surface area contributed by atoms with Gasteiger partial charge in [-0.1, -0.05) is 31.5 Å². The first-order valence-corrected chi connectivity index (χ1v) is 6.92. The molecule has 4 heteroatoms. The maximum Gasteiger partial charge on any atom is 0.147 e. The van der Waals surface area contributed by atoms with Crippen molar-refractivity contribution in [3.63, 3.8) is 0 Å². The number of rotatable bonds is 3. The van der Waals surface area contributed by atoms with Crippen LogP contribution in [0, 0.1) is 11.3 Å². The number of nitrogens with zero attached hydrogens (tertiary/aromatic N) is 3. The highest BCUT2D eigenvalue weighted by Gasteiger charge is 2.41. The highest BCUT2D eigenvalue weighted by atomic mass is 16.3. The lowest BCUT2D eigenvalue weighted by atomic mass is 9.89. The van der Waals surface area contributed by atoms with Crippen LogP contribution in [0.1, 0.15) is 25.3 Å². The summed E-state index contributed by atoms with van der Waals surface area (Å²) in [6, 6.07) is 11.9. The fourth-order valence-corrected chi connectivity index (χ4v) is 2.87. The molecule has 0 spiro atoms. The number of pyridine rings is 1. The Morgan fingerprint density at radius 2 is 2.15 bits per heavy atom. The minimum atomic E-state index is -0.616. The standard InChI is InChI=1S/C16H17N3O/c1-2-7-16(20)10-19(11-16)15-13(9-17)8-12-5-3-4-6-14(12)18-15/h3-6,8,20H,2,7,10-11H2,1H3. The summed E-state index contributed by atoms with van der Waals surface area (Å²) in [5.41, 5.74) is 0.837. The maximum atomic E-state index is 10.3. The van der Waals surface area contributed by atoms with Crippen molar-refractivity contribution in [3.8, 4) is 6.07 Å². The van der Waals surface area contributed by atoms with E-state index in [0.717, 1.165) is 23.7 Å². The monoisotopic (exact) mass is 267 g/mol. The third-order valence-electron chi connectivity index (χ3n) is 3.81.